The number of nitrogens with one attached hydrogen (secondary N) is 3. The van der Waals surface area contributed by atoms with E-state index in [-0.39, 0.29) is 6.03 Å². The quantitative estimate of drug-likeness (QED) is 0.753. The number of morpholine rings is 1. The molecule has 1 aliphatic heterocycles. The highest BCUT2D eigenvalue weighted by molar-refractivity contribution is 5.83. The molecule has 3 rings (SSSR count). The van der Waals surface area contributed by atoms with Gasteiger partial charge in [0.2, 0.25) is 0 Å². The van der Waals surface area contributed by atoms with Gasteiger partial charge in [0.25, 0.3) is 0 Å². The van der Waals surface area contributed by atoms with Crippen LogP contribution < -0.4 is 10.6 Å². The lowest BCUT2D eigenvalue weighted by atomic mass is 10.1. The Morgan fingerprint density at radius 3 is 2.83 bits per heavy atom. The number of amides is 2. The smallest absolute Gasteiger partial charge is 0.314 e. The Morgan fingerprint density at radius 1 is 1.17 bits per heavy atom. The van der Waals surface area contributed by atoms with Gasteiger partial charge >= 0.3 is 6.03 Å². The van der Waals surface area contributed by atoms with Crippen LogP contribution in [-0.4, -0.2) is 61.9 Å². The lowest BCUT2D eigenvalue weighted by Crippen LogP contribution is -2.44. The number of benzene rings is 1. The van der Waals surface area contributed by atoms with Crippen LogP contribution in [0.5, 0.6) is 0 Å². The molecule has 2 aromatic rings. The van der Waals surface area contributed by atoms with Crippen LogP contribution in [0.3, 0.4) is 0 Å². The second kappa shape index (κ2) is 7.99. The summed E-state index contributed by atoms with van der Waals surface area (Å²) in [4.78, 5) is 17.4. The topological polar surface area (TPSA) is 69.4 Å². The zero-order valence-corrected chi connectivity index (χ0v) is 13.3. The first-order chi connectivity index (χ1) is 11.3. The first-order valence-electron chi connectivity index (χ1n) is 8.20. The summed E-state index contributed by atoms with van der Waals surface area (Å²) < 4.78 is 5.30. The SMILES string of the molecule is O=C(NCCc1c[nH]c2ccccc12)NCCN1CCOCC1. The molecule has 1 aromatic carbocycles. The van der Waals surface area contributed by atoms with Crippen molar-refractivity contribution in [1.82, 2.24) is 20.5 Å². The summed E-state index contributed by atoms with van der Waals surface area (Å²) >= 11 is 0. The van der Waals surface area contributed by atoms with E-state index in [0.29, 0.717) is 13.1 Å². The molecule has 2 amide bonds. The average molecular weight is 316 g/mol. The summed E-state index contributed by atoms with van der Waals surface area (Å²) in [6.45, 7) is 5.64. The van der Waals surface area contributed by atoms with Crippen molar-refractivity contribution in [2.45, 2.75) is 6.42 Å². The second-order valence-electron chi connectivity index (χ2n) is 5.75. The Hall–Kier alpha value is -2.05. The highest BCUT2D eigenvalue weighted by Gasteiger charge is 2.10. The minimum atomic E-state index is -0.0990. The molecule has 1 aliphatic rings. The van der Waals surface area contributed by atoms with Crippen molar-refractivity contribution in [2.24, 2.45) is 0 Å². The van der Waals surface area contributed by atoms with E-state index < -0.39 is 0 Å². The Bertz CT molecular complexity index is 634. The van der Waals surface area contributed by atoms with Crippen molar-refractivity contribution < 1.29 is 9.53 Å². The molecule has 1 saturated heterocycles. The van der Waals surface area contributed by atoms with Gasteiger partial charge in [0.15, 0.2) is 0 Å². The largest absolute Gasteiger partial charge is 0.379 e. The fraction of sp³-hybridized carbons (Fsp3) is 0.471. The number of aromatic amines is 1. The fourth-order valence-corrected chi connectivity index (χ4v) is 2.86. The number of H-pyrrole nitrogens is 1. The first kappa shape index (κ1) is 15.8. The predicted molar refractivity (Wildman–Crippen MR) is 90.7 cm³/mol. The van der Waals surface area contributed by atoms with Gasteiger partial charge in [-0.25, -0.2) is 4.79 Å². The summed E-state index contributed by atoms with van der Waals surface area (Å²) in [7, 11) is 0. The van der Waals surface area contributed by atoms with Crippen LogP contribution in [0.1, 0.15) is 5.56 Å². The highest BCUT2D eigenvalue weighted by atomic mass is 16.5. The normalized spacial score (nSPS) is 15.7. The van der Waals surface area contributed by atoms with Gasteiger partial charge in [-0.3, -0.25) is 4.90 Å². The van der Waals surface area contributed by atoms with Crippen LogP contribution >= 0.6 is 0 Å². The van der Waals surface area contributed by atoms with E-state index in [4.69, 9.17) is 4.74 Å². The second-order valence-corrected chi connectivity index (χ2v) is 5.75. The van der Waals surface area contributed by atoms with Crippen LogP contribution in [-0.2, 0) is 11.2 Å². The summed E-state index contributed by atoms with van der Waals surface area (Å²) in [5.41, 5.74) is 2.37. The van der Waals surface area contributed by atoms with Gasteiger partial charge in [0, 0.05) is 49.8 Å². The maximum atomic E-state index is 11.8. The third-order valence-corrected chi connectivity index (χ3v) is 4.17. The third kappa shape index (κ3) is 4.46. The first-order valence-corrected chi connectivity index (χ1v) is 8.20. The number of carbonyl (C=O) groups excluding carboxylic acids is 1. The average Bonchev–Trinajstić information content (AvgIpc) is 2.99. The minimum Gasteiger partial charge on any atom is -0.379 e. The Balaban J connectivity index is 1.34. The molecule has 1 fully saturated rings. The number of hydrogen-bond acceptors (Lipinski definition) is 3. The standard InChI is InChI=1S/C17H24N4O2/c22-17(19-7-8-21-9-11-23-12-10-21)18-6-5-14-13-20-16-4-2-1-3-15(14)16/h1-4,13,20H,5-12H2,(H2,18,19,22). The lowest BCUT2D eigenvalue weighted by Gasteiger charge is -2.26. The molecule has 6 heteroatoms. The molecule has 0 unspecified atom stereocenters. The highest BCUT2D eigenvalue weighted by Crippen LogP contribution is 2.17. The molecule has 0 spiro atoms. The number of urea groups is 1. The molecule has 0 saturated carbocycles. The number of ether oxygens (including phenoxy) is 1. The van der Waals surface area contributed by atoms with Crippen molar-refractivity contribution in [3.05, 3.63) is 36.0 Å². The maximum Gasteiger partial charge on any atom is 0.314 e. The van der Waals surface area contributed by atoms with Gasteiger partial charge in [0.1, 0.15) is 0 Å². The number of fused-ring (bicyclic) bond motifs is 1. The fourth-order valence-electron chi connectivity index (χ4n) is 2.86. The van der Waals surface area contributed by atoms with Crippen LogP contribution in [0.2, 0.25) is 0 Å². The molecule has 23 heavy (non-hydrogen) atoms. The Labute approximate surface area is 136 Å². The molecule has 0 aliphatic carbocycles. The van der Waals surface area contributed by atoms with E-state index >= 15 is 0 Å². The molecule has 0 bridgehead atoms. The minimum absolute atomic E-state index is 0.0990. The molecule has 6 nitrogen and oxygen atoms in total. The van der Waals surface area contributed by atoms with E-state index in [9.17, 15) is 4.79 Å². The number of para-hydroxylation sites is 1. The number of nitrogens with zero attached hydrogens (tertiary/aromatic N) is 1. The van der Waals surface area contributed by atoms with E-state index in [1.54, 1.807) is 0 Å². The zero-order valence-electron chi connectivity index (χ0n) is 13.3. The van der Waals surface area contributed by atoms with E-state index in [0.717, 1.165) is 44.8 Å². The summed E-state index contributed by atoms with van der Waals surface area (Å²) in [5.74, 6) is 0. The van der Waals surface area contributed by atoms with Crippen LogP contribution in [0.15, 0.2) is 30.5 Å². The lowest BCUT2D eigenvalue weighted by molar-refractivity contribution is 0.0387. The molecular formula is C17H24N4O2. The van der Waals surface area contributed by atoms with Gasteiger partial charge in [-0.05, 0) is 18.1 Å². The van der Waals surface area contributed by atoms with Gasteiger partial charge in [-0.1, -0.05) is 18.2 Å². The van der Waals surface area contributed by atoms with Crippen molar-refractivity contribution in [1.29, 1.82) is 0 Å². The predicted octanol–water partition coefficient (Wildman–Crippen LogP) is 1.34. The summed E-state index contributed by atoms with van der Waals surface area (Å²) in [6, 6.07) is 8.11. The van der Waals surface area contributed by atoms with Gasteiger partial charge < -0.3 is 20.4 Å². The molecule has 0 atom stereocenters. The monoisotopic (exact) mass is 316 g/mol. The molecule has 3 N–H and O–H groups in total. The molecule has 0 radical (unpaired) electrons. The van der Waals surface area contributed by atoms with Gasteiger partial charge in [-0.15, -0.1) is 0 Å². The number of carbonyl (C=O) groups is 1. The van der Waals surface area contributed by atoms with Crippen molar-refractivity contribution in [2.75, 3.05) is 45.9 Å². The molecule has 2 heterocycles. The van der Waals surface area contributed by atoms with Crippen LogP contribution in [0, 0.1) is 0 Å². The third-order valence-electron chi connectivity index (χ3n) is 4.17. The number of rotatable bonds is 6. The Morgan fingerprint density at radius 2 is 1.96 bits per heavy atom. The number of aromatic nitrogens is 1. The van der Waals surface area contributed by atoms with Crippen molar-refractivity contribution in [3.8, 4) is 0 Å². The maximum absolute atomic E-state index is 11.8. The molecule has 1 aromatic heterocycles. The van der Waals surface area contributed by atoms with Gasteiger partial charge in [-0.2, -0.15) is 0 Å². The number of hydrogen-bond donors (Lipinski definition) is 3. The molecular weight excluding hydrogens is 292 g/mol. The molecule has 124 valence electrons. The Kier molecular flexibility index (Phi) is 5.50. The van der Waals surface area contributed by atoms with E-state index in [2.05, 4.69) is 32.7 Å². The van der Waals surface area contributed by atoms with Crippen molar-refractivity contribution in [3.63, 3.8) is 0 Å². The summed E-state index contributed by atoms with van der Waals surface area (Å²) in [5, 5.41) is 7.05. The van der Waals surface area contributed by atoms with E-state index in [1.165, 1.54) is 10.9 Å². The van der Waals surface area contributed by atoms with E-state index in [1.807, 2.05) is 18.3 Å². The van der Waals surface area contributed by atoms with Gasteiger partial charge in [0.05, 0.1) is 13.2 Å². The van der Waals surface area contributed by atoms with Crippen molar-refractivity contribution >= 4 is 16.9 Å². The van der Waals surface area contributed by atoms with Crippen LogP contribution in [0.25, 0.3) is 10.9 Å². The van der Waals surface area contributed by atoms with Crippen LogP contribution in [0.4, 0.5) is 4.79 Å². The zero-order chi connectivity index (χ0) is 15.9. The summed E-state index contributed by atoms with van der Waals surface area (Å²) in [6.07, 6.45) is 2.84.